The lowest BCUT2D eigenvalue weighted by molar-refractivity contribution is -0.137. The number of aryl methyl sites for hydroxylation is 1. The molecule has 0 spiro atoms. The highest BCUT2D eigenvalue weighted by Crippen LogP contribution is 2.34. The van der Waals surface area contributed by atoms with Crippen LogP contribution >= 0.6 is 11.3 Å². The first-order valence-corrected chi connectivity index (χ1v) is 13.0. The van der Waals surface area contributed by atoms with Crippen molar-refractivity contribution >= 4 is 29.0 Å². The number of nitrogens with zero attached hydrogens (tertiary/aromatic N) is 2. The van der Waals surface area contributed by atoms with E-state index < -0.39 is 17.8 Å². The summed E-state index contributed by atoms with van der Waals surface area (Å²) in [4.78, 5) is 31.9. The normalized spacial score (nSPS) is 12.2. The molecule has 1 heterocycles. The van der Waals surface area contributed by atoms with Crippen molar-refractivity contribution in [2.24, 2.45) is 5.92 Å². The minimum Gasteiger partial charge on any atom is -0.332 e. The topological polar surface area (TPSA) is 52.7 Å². The van der Waals surface area contributed by atoms with Crippen LogP contribution in [0.4, 0.5) is 23.7 Å². The Morgan fingerprint density at radius 1 is 0.946 bits per heavy atom. The third-order valence-corrected chi connectivity index (χ3v) is 7.01. The average Bonchev–Trinajstić information content (AvgIpc) is 3.27. The van der Waals surface area contributed by atoms with Crippen molar-refractivity contribution < 1.29 is 22.8 Å². The molecule has 1 N–H and O–H groups in total. The number of thiophene rings is 1. The summed E-state index contributed by atoms with van der Waals surface area (Å²) < 4.78 is 40.4. The largest absolute Gasteiger partial charge is 0.418 e. The zero-order valence-electron chi connectivity index (χ0n) is 21.2. The van der Waals surface area contributed by atoms with Gasteiger partial charge in [0.2, 0.25) is 5.91 Å². The van der Waals surface area contributed by atoms with Crippen molar-refractivity contribution in [3.63, 3.8) is 0 Å². The van der Waals surface area contributed by atoms with Crippen molar-refractivity contribution in [2.75, 3.05) is 18.4 Å². The lowest BCUT2D eigenvalue weighted by Gasteiger charge is -2.29. The minimum absolute atomic E-state index is 0.0546. The van der Waals surface area contributed by atoms with E-state index in [9.17, 15) is 22.8 Å². The number of carbonyl (C=O) groups is 2. The Morgan fingerprint density at radius 3 is 2.24 bits per heavy atom. The van der Waals surface area contributed by atoms with Gasteiger partial charge in [0.25, 0.3) is 0 Å². The SMILES string of the molecule is CCC(C)CN(CC(=O)N(Cc1ccccc1)Cc1ccc(C)s1)C(=O)Nc1ccccc1C(F)(F)F. The third-order valence-electron chi connectivity index (χ3n) is 6.03. The van der Waals surface area contributed by atoms with E-state index in [4.69, 9.17) is 0 Å². The van der Waals surface area contributed by atoms with Gasteiger partial charge in [-0.25, -0.2) is 4.79 Å². The van der Waals surface area contributed by atoms with Crippen LogP contribution in [0.25, 0.3) is 0 Å². The second-order valence-electron chi connectivity index (χ2n) is 9.12. The fraction of sp³-hybridized carbons (Fsp3) is 0.357. The van der Waals surface area contributed by atoms with E-state index in [0.29, 0.717) is 13.1 Å². The van der Waals surface area contributed by atoms with Crippen LogP contribution in [0.3, 0.4) is 0 Å². The molecule has 3 rings (SSSR count). The molecule has 0 bridgehead atoms. The van der Waals surface area contributed by atoms with E-state index in [-0.39, 0.29) is 30.6 Å². The quantitative estimate of drug-likeness (QED) is 0.301. The van der Waals surface area contributed by atoms with Gasteiger partial charge >= 0.3 is 12.2 Å². The molecule has 0 radical (unpaired) electrons. The number of urea groups is 1. The minimum atomic E-state index is -4.62. The zero-order valence-corrected chi connectivity index (χ0v) is 22.0. The number of alkyl halides is 3. The monoisotopic (exact) mass is 531 g/mol. The van der Waals surface area contributed by atoms with Crippen molar-refractivity contribution in [1.82, 2.24) is 9.80 Å². The molecular weight excluding hydrogens is 499 g/mol. The average molecular weight is 532 g/mol. The van der Waals surface area contributed by atoms with Crippen LogP contribution in [0.2, 0.25) is 0 Å². The van der Waals surface area contributed by atoms with Gasteiger partial charge in [0, 0.05) is 22.8 Å². The Morgan fingerprint density at radius 2 is 1.62 bits per heavy atom. The maximum absolute atomic E-state index is 13.6. The molecule has 1 atom stereocenters. The predicted octanol–water partition coefficient (Wildman–Crippen LogP) is 7.18. The Kier molecular flexibility index (Phi) is 9.74. The van der Waals surface area contributed by atoms with Gasteiger partial charge in [-0.1, -0.05) is 62.7 Å². The number of hydrogen-bond acceptors (Lipinski definition) is 3. The number of hydrogen-bond donors (Lipinski definition) is 1. The number of rotatable bonds is 10. The molecule has 1 aromatic heterocycles. The van der Waals surface area contributed by atoms with Crippen molar-refractivity contribution in [2.45, 2.75) is 46.5 Å². The van der Waals surface area contributed by atoms with Gasteiger partial charge in [-0.3, -0.25) is 4.79 Å². The number of amides is 3. The molecule has 5 nitrogen and oxygen atoms in total. The highest BCUT2D eigenvalue weighted by molar-refractivity contribution is 7.11. The first-order chi connectivity index (χ1) is 17.6. The van der Waals surface area contributed by atoms with Crippen LogP contribution in [0.15, 0.2) is 66.7 Å². The van der Waals surface area contributed by atoms with Gasteiger partial charge in [0.1, 0.15) is 6.54 Å². The molecule has 37 heavy (non-hydrogen) atoms. The van der Waals surface area contributed by atoms with Crippen molar-refractivity contribution in [3.05, 3.63) is 87.6 Å². The molecule has 0 saturated carbocycles. The molecule has 1 unspecified atom stereocenters. The molecule has 2 aromatic carbocycles. The van der Waals surface area contributed by atoms with Gasteiger partial charge < -0.3 is 15.1 Å². The van der Waals surface area contributed by atoms with E-state index in [1.807, 2.05) is 63.2 Å². The Balaban J connectivity index is 1.83. The van der Waals surface area contributed by atoms with E-state index >= 15 is 0 Å². The number of benzene rings is 2. The molecule has 0 aliphatic heterocycles. The lowest BCUT2D eigenvalue weighted by Crippen LogP contribution is -2.45. The maximum Gasteiger partial charge on any atom is 0.418 e. The Labute approximate surface area is 219 Å². The van der Waals surface area contributed by atoms with Gasteiger partial charge in [-0.15, -0.1) is 11.3 Å². The van der Waals surface area contributed by atoms with Gasteiger partial charge in [0.15, 0.2) is 0 Å². The summed E-state index contributed by atoms with van der Waals surface area (Å²) >= 11 is 1.60. The zero-order chi connectivity index (χ0) is 27.0. The molecule has 0 saturated heterocycles. The standard InChI is InChI=1S/C28H32F3N3O2S/c1-4-20(2)16-34(27(36)32-25-13-9-8-12-24(25)28(29,30)31)19-26(35)33(17-22-10-6-5-7-11-22)18-23-15-14-21(3)37-23/h5-15,20H,4,16-19H2,1-3H3,(H,32,36). The summed E-state index contributed by atoms with van der Waals surface area (Å²) in [6, 6.07) is 17.6. The summed E-state index contributed by atoms with van der Waals surface area (Å²) in [5, 5.41) is 2.39. The van der Waals surface area contributed by atoms with Crippen LogP contribution in [0.5, 0.6) is 0 Å². The lowest BCUT2D eigenvalue weighted by atomic mass is 10.1. The Bertz CT molecular complexity index is 1180. The van der Waals surface area contributed by atoms with Crippen molar-refractivity contribution in [1.29, 1.82) is 0 Å². The van der Waals surface area contributed by atoms with E-state index in [0.717, 1.165) is 27.8 Å². The van der Waals surface area contributed by atoms with Crippen LogP contribution in [0.1, 0.15) is 41.1 Å². The van der Waals surface area contributed by atoms with Gasteiger partial charge in [-0.05, 0) is 42.7 Å². The molecule has 3 aromatic rings. The highest BCUT2D eigenvalue weighted by atomic mass is 32.1. The summed E-state index contributed by atoms with van der Waals surface area (Å²) in [5.41, 5.74) is -0.324. The smallest absolute Gasteiger partial charge is 0.332 e. The maximum atomic E-state index is 13.6. The second-order valence-corrected chi connectivity index (χ2v) is 10.5. The summed E-state index contributed by atoms with van der Waals surface area (Å²) in [7, 11) is 0. The first-order valence-electron chi connectivity index (χ1n) is 12.2. The molecular formula is C28H32F3N3O2S. The highest BCUT2D eigenvalue weighted by Gasteiger charge is 2.34. The van der Waals surface area contributed by atoms with Gasteiger partial charge in [0.05, 0.1) is 17.8 Å². The van der Waals surface area contributed by atoms with Crippen molar-refractivity contribution in [3.8, 4) is 0 Å². The molecule has 198 valence electrons. The second kappa shape index (κ2) is 12.8. The van der Waals surface area contributed by atoms with E-state index in [1.54, 1.807) is 16.2 Å². The number of anilines is 1. The number of halogens is 3. The van der Waals surface area contributed by atoms with E-state index in [1.165, 1.54) is 23.1 Å². The number of para-hydroxylation sites is 1. The van der Waals surface area contributed by atoms with Gasteiger partial charge in [-0.2, -0.15) is 13.2 Å². The van der Waals surface area contributed by atoms with Crippen LogP contribution in [-0.2, 0) is 24.1 Å². The fourth-order valence-electron chi connectivity index (χ4n) is 3.82. The molecule has 0 aliphatic rings. The molecule has 0 fully saturated rings. The van der Waals surface area contributed by atoms with Crippen LogP contribution in [0, 0.1) is 12.8 Å². The number of nitrogens with one attached hydrogen (secondary N) is 1. The summed E-state index contributed by atoms with van der Waals surface area (Å²) in [6.07, 6.45) is -3.87. The van der Waals surface area contributed by atoms with Crippen LogP contribution in [-0.4, -0.2) is 34.8 Å². The molecule has 0 aliphatic carbocycles. The predicted molar refractivity (Wildman–Crippen MR) is 141 cm³/mol. The summed E-state index contributed by atoms with van der Waals surface area (Å²) in [5.74, 6) is -0.226. The fourth-order valence-corrected chi connectivity index (χ4v) is 4.72. The Hall–Kier alpha value is -3.33. The number of carbonyl (C=O) groups excluding carboxylic acids is 2. The van der Waals surface area contributed by atoms with E-state index in [2.05, 4.69) is 5.32 Å². The van der Waals surface area contributed by atoms with Crippen LogP contribution < -0.4 is 5.32 Å². The first kappa shape index (κ1) is 28.2. The third kappa shape index (κ3) is 8.35. The summed E-state index contributed by atoms with van der Waals surface area (Å²) in [6.45, 7) is 6.61. The molecule has 9 heteroatoms. The molecule has 3 amide bonds.